The van der Waals surface area contributed by atoms with Crippen molar-refractivity contribution in [3.05, 3.63) is 180 Å². The van der Waals surface area contributed by atoms with Crippen LogP contribution in [0.5, 0.6) is 11.5 Å². The van der Waals surface area contributed by atoms with Crippen molar-refractivity contribution in [3.63, 3.8) is 0 Å². The fourth-order valence-corrected chi connectivity index (χ4v) is 9.64. The number of aryl methyl sites for hydroxylation is 3. The number of aromatic nitrogens is 4. The second-order valence-electron chi connectivity index (χ2n) is 17.4. The molecule has 7 nitrogen and oxygen atoms in total. The van der Waals surface area contributed by atoms with Gasteiger partial charge in [0.2, 0.25) is 0 Å². The number of ether oxygens (including phenoxy) is 1. The molecule has 0 unspecified atom stereocenters. The molecule has 7 heteroatoms. The van der Waals surface area contributed by atoms with E-state index >= 15 is 0 Å². The number of rotatable bonds is 6. The van der Waals surface area contributed by atoms with E-state index in [0.29, 0.717) is 6.67 Å². The molecule has 0 atom stereocenters. The van der Waals surface area contributed by atoms with Gasteiger partial charge in [-0.1, -0.05) is 93.1 Å². The zero-order chi connectivity index (χ0) is 41.6. The van der Waals surface area contributed by atoms with E-state index < -0.39 is 0 Å². The van der Waals surface area contributed by atoms with E-state index in [4.69, 9.17) is 14.7 Å². The predicted molar refractivity (Wildman–Crippen MR) is 252 cm³/mol. The molecular formula is C54H46N6O. The van der Waals surface area contributed by atoms with Crippen LogP contribution < -0.4 is 14.5 Å². The highest BCUT2D eigenvalue weighted by atomic mass is 16.5. The molecule has 0 amide bonds. The Morgan fingerprint density at radius 1 is 0.525 bits per heavy atom. The van der Waals surface area contributed by atoms with Gasteiger partial charge in [0.25, 0.3) is 0 Å². The Bertz CT molecular complexity index is 3330. The van der Waals surface area contributed by atoms with Crippen LogP contribution in [-0.2, 0) is 5.41 Å². The molecule has 0 spiro atoms. The van der Waals surface area contributed by atoms with Gasteiger partial charge >= 0.3 is 0 Å². The molecule has 298 valence electrons. The van der Waals surface area contributed by atoms with E-state index in [1.807, 2.05) is 18.5 Å². The molecule has 0 N–H and O–H groups in total. The molecule has 10 aromatic rings. The maximum absolute atomic E-state index is 7.07. The van der Waals surface area contributed by atoms with Gasteiger partial charge in [-0.2, -0.15) is 0 Å². The Labute approximate surface area is 355 Å². The molecular weight excluding hydrogens is 749 g/mol. The Balaban J connectivity index is 1.13. The van der Waals surface area contributed by atoms with E-state index in [1.165, 1.54) is 33.3 Å². The molecule has 1 aliphatic rings. The summed E-state index contributed by atoms with van der Waals surface area (Å²) in [5.41, 5.74) is 13.7. The first kappa shape index (κ1) is 36.7. The van der Waals surface area contributed by atoms with Crippen molar-refractivity contribution in [1.29, 1.82) is 0 Å². The van der Waals surface area contributed by atoms with Gasteiger partial charge in [-0.25, -0.2) is 9.97 Å². The minimum atomic E-state index is -0.0229. The summed E-state index contributed by atoms with van der Waals surface area (Å²) in [6.07, 6.45) is 3.82. The van der Waals surface area contributed by atoms with Crippen molar-refractivity contribution in [2.75, 3.05) is 16.5 Å². The molecule has 4 aromatic heterocycles. The molecule has 1 aliphatic heterocycles. The maximum atomic E-state index is 7.07. The van der Waals surface area contributed by atoms with Crippen LogP contribution in [0.15, 0.2) is 158 Å². The van der Waals surface area contributed by atoms with Crippen molar-refractivity contribution in [2.45, 2.75) is 47.0 Å². The van der Waals surface area contributed by atoms with Crippen LogP contribution in [0, 0.1) is 20.8 Å². The van der Waals surface area contributed by atoms with Crippen molar-refractivity contribution in [2.24, 2.45) is 0 Å². The van der Waals surface area contributed by atoms with Crippen molar-refractivity contribution < 1.29 is 4.74 Å². The molecule has 0 aliphatic carbocycles. The summed E-state index contributed by atoms with van der Waals surface area (Å²) in [5, 5.41) is 4.57. The summed E-state index contributed by atoms with van der Waals surface area (Å²) in [4.78, 5) is 14.8. The number of nitrogens with zero attached hydrogens (tertiary/aromatic N) is 6. The lowest BCUT2D eigenvalue weighted by atomic mass is 9.88. The van der Waals surface area contributed by atoms with Crippen molar-refractivity contribution in [3.8, 4) is 23.0 Å². The quantitative estimate of drug-likeness (QED) is 0.168. The molecule has 0 saturated heterocycles. The Kier molecular flexibility index (Phi) is 8.33. The molecule has 6 aromatic carbocycles. The average molecular weight is 795 g/mol. The van der Waals surface area contributed by atoms with E-state index in [1.54, 1.807) is 0 Å². The SMILES string of the molecule is Cc1cc(C)c(N2CN(c3cc(Oc4ccc5c6ccccc6n(-c6cc(C(C)(C)C)ccn6)c5c4)cc4c5ccccc5n(-c5ccccc5)c34)c3ncccc32)c(C)c1. The second-order valence-corrected chi connectivity index (χ2v) is 17.4. The van der Waals surface area contributed by atoms with Gasteiger partial charge in [-0.05, 0) is 110 Å². The molecule has 0 saturated carbocycles. The van der Waals surface area contributed by atoms with Crippen LogP contribution in [0.4, 0.5) is 22.9 Å². The highest BCUT2D eigenvalue weighted by Crippen LogP contribution is 2.49. The van der Waals surface area contributed by atoms with E-state index in [-0.39, 0.29) is 5.41 Å². The zero-order valence-electron chi connectivity index (χ0n) is 35.3. The van der Waals surface area contributed by atoms with Gasteiger partial charge in [0.1, 0.15) is 24.0 Å². The summed E-state index contributed by atoms with van der Waals surface area (Å²) in [6, 6.07) is 51.8. The molecule has 0 radical (unpaired) electrons. The lowest BCUT2D eigenvalue weighted by molar-refractivity contribution is 0.484. The Hall–Kier alpha value is -7.38. The van der Waals surface area contributed by atoms with Gasteiger partial charge in [-0.3, -0.25) is 4.57 Å². The molecule has 11 rings (SSSR count). The van der Waals surface area contributed by atoms with E-state index in [9.17, 15) is 0 Å². The van der Waals surface area contributed by atoms with Gasteiger partial charge in [0.05, 0.1) is 33.4 Å². The normalized spacial score (nSPS) is 13.0. The van der Waals surface area contributed by atoms with Crippen molar-refractivity contribution in [1.82, 2.24) is 19.1 Å². The highest BCUT2D eigenvalue weighted by Gasteiger charge is 2.33. The van der Waals surface area contributed by atoms with Crippen LogP contribution >= 0.6 is 0 Å². The third-order valence-corrected chi connectivity index (χ3v) is 12.2. The monoisotopic (exact) mass is 794 g/mol. The Morgan fingerprint density at radius 2 is 1.21 bits per heavy atom. The number of hydrogen-bond acceptors (Lipinski definition) is 5. The first-order valence-corrected chi connectivity index (χ1v) is 21.0. The molecule has 5 heterocycles. The maximum Gasteiger partial charge on any atom is 0.158 e. The average Bonchev–Trinajstić information content (AvgIpc) is 3.91. The van der Waals surface area contributed by atoms with Crippen LogP contribution in [0.3, 0.4) is 0 Å². The number of fused-ring (bicyclic) bond motifs is 7. The van der Waals surface area contributed by atoms with Gasteiger partial charge in [0.15, 0.2) is 5.82 Å². The lowest BCUT2D eigenvalue weighted by Gasteiger charge is -2.26. The zero-order valence-corrected chi connectivity index (χ0v) is 35.3. The summed E-state index contributed by atoms with van der Waals surface area (Å²) < 4.78 is 11.7. The summed E-state index contributed by atoms with van der Waals surface area (Å²) in [6.45, 7) is 13.9. The topological polar surface area (TPSA) is 51.4 Å². The first-order chi connectivity index (χ1) is 29.6. The van der Waals surface area contributed by atoms with Gasteiger partial charge < -0.3 is 19.1 Å². The minimum absolute atomic E-state index is 0.0229. The second kappa shape index (κ2) is 13.8. The number of hydrogen-bond donors (Lipinski definition) is 0. The number of para-hydroxylation sites is 3. The van der Waals surface area contributed by atoms with E-state index in [0.717, 1.165) is 78.4 Å². The lowest BCUT2D eigenvalue weighted by Crippen LogP contribution is -2.25. The third kappa shape index (κ3) is 5.94. The van der Waals surface area contributed by atoms with Gasteiger partial charge in [0, 0.05) is 57.4 Å². The molecule has 0 bridgehead atoms. The molecule has 0 fully saturated rings. The highest BCUT2D eigenvalue weighted by molar-refractivity contribution is 6.15. The first-order valence-electron chi connectivity index (χ1n) is 21.0. The summed E-state index contributed by atoms with van der Waals surface area (Å²) in [5.74, 6) is 3.28. The van der Waals surface area contributed by atoms with E-state index in [2.05, 4.69) is 200 Å². The summed E-state index contributed by atoms with van der Waals surface area (Å²) >= 11 is 0. The third-order valence-electron chi connectivity index (χ3n) is 12.2. The van der Waals surface area contributed by atoms with Crippen LogP contribution in [-0.4, -0.2) is 25.8 Å². The standard InChI is InChI=1S/C54H46N6O/c1-34-27-35(2)51(36(3)28-34)57-33-58(53-47(57)21-14-25-56-53)49-32-40(30-44-42-18-11-12-19-45(42)59(52(44)49)38-15-8-7-9-16-38)61-39-22-23-43-41-17-10-13-20-46(41)60(48(43)31-39)50-29-37(24-26-55-50)54(4,5)6/h7-32H,33H2,1-6H3. The minimum Gasteiger partial charge on any atom is -0.457 e. The van der Waals surface area contributed by atoms with Crippen molar-refractivity contribution >= 4 is 66.5 Å². The smallest absolute Gasteiger partial charge is 0.158 e. The Morgan fingerprint density at radius 3 is 1.97 bits per heavy atom. The number of anilines is 4. The van der Waals surface area contributed by atoms with Gasteiger partial charge in [-0.15, -0.1) is 0 Å². The largest absolute Gasteiger partial charge is 0.457 e. The van der Waals surface area contributed by atoms with Crippen LogP contribution in [0.25, 0.3) is 55.1 Å². The number of pyridine rings is 2. The fraction of sp³-hybridized carbons (Fsp3) is 0.148. The van der Waals surface area contributed by atoms with Crippen LogP contribution in [0.1, 0.15) is 43.0 Å². The fourth-order valence-electron chi connectivity index (χ4n) is 9.64. The molecule has 61 heavy (non-hydrogen) atoms. The van der Waals surface area contributed by atoms with Crippen LogP contribution in [0.2, 0.25) is 0 Å². The summed E-state index contributed by atoms with van der Waals surface area (Å²) in [7, 11) is 0. The number of benzene rings is 6. The predicted octanol–water partition coefficient (Wildman–Crippen LogP) is 13.9.